The zero-order valence-electron chi connectivity index (χ0n) is 16.8. The van der Waals surface area contributed by atoms with Crippen molar-refractivity contribution in [2.24, 2.45) is 0 Å². The molecular weight excluding hydrogens is 372 g/mol. The zero-order valence-corrected chi connectivity index (χ0v) is 17.6. The van der Waals surface area contributed by atoms with Crippen LogP contribution in [0.15, 0.2) is 47.4 Å². The Labute approximate surface area is 168 Å². The van der Waals surface area contributed by atoms with Gasteiger partial charge in [-0.25, -0.2) is 8.42 Å². The Balaban J connectivity index is 1.89. The molecule has 28 heavy (non-hydrogen) atoms. The molecule has 0 atom stereocenters. The minimum absolute atomic E-state index is 0.0506. The summed E-state index contributed by atoms with van der Waals surface area (Å²) in [5.74, 6) is 0.0506. The third-order valence-electron chi connectivity index (χ3n) is 5.42. The molecule has 2 aromatic carbocycles. The van der Waals surface area contributed by atoms with Gasteiger partial charge in [-0.15, -0.1) is 0 Å². The lowest BCUT2D eigenvalue weighted by atomic mass is 10.00. The summed E-state index contributed by atoms with van der Waals surface area (Å²) in [6.07, 6.45) is 1.97. The molecule has 0 aromatic heterocycles. The van der Waals surface area contributed by atoms with Gasteiger partial charge in [0.15, 0.2) is 0 Å². The second-order valence-electron chi connectivity index (χ2n) is 7.13. The van der Waals surface area contributed by atoms with Crippen LogP contribution in [0.2, 0.25) is 0 Å². The first-order valence-corrected chi connectivity index (χ1v) is 11.3. The first kappa shape index (κ1) is 20.6. The Bertz CT molecular complexity index is 965. The molecule has 0 radical (unpaired) electrons. The highest BCUT2D eigenvalue weighted by atomic mass is 32.2. The first-order valence-electron chi connectivity index (χ1n) is 9.86. The predicted octanol–water partition coefficient (Wildman–Crippen LogP) is 3.55. The van der Waals surface area contributed by atoms with Crippen molar-refractivity contribution in [3.8, 4) is 0 Å². The number of benzene rings is 2. The molecule has 0 fully saturated rings. The van der Waals surface area contributed by atoms with E-state index < -0.39 is 10.0 Å². The largest absolute Gasteiger partial charge is 0.312 e. The maximum absolute atomic E-state index is 13.0. The van der Waals surface area contributed by atoms with Crippen molar-refractivity contribution in [3.63, 3.8) is 0 Å². The van der Waals surface area contributed by atoms with Crippen LogP contribution in [0.25, 0.3) is 0 Å². The normalized spacial score (nSPS) is 14.2. The predicted molar refractivity (Wildman–Crippen MR) is 112 cm³/mol. The molecule has 1 aliphatic rings. The van der Waals surface area contributed by atoms with Gasteiger partial charge in [0.1, 0.15) is 0 Å². The third-order valence-corrected chi connectivity index (χ3v) is 7.46. The van der Waals surface area contributed by atoms with Crippen LogP contribution in [0.4, 0.5) is 5.69 Å². The van der Waals surface area contributed by atoms with Gasteiger partial charge in [0.25, 0.3) is 0 Å². The molecule has 1 heterocycles. The molecule has 2 aromatic rings. The van der Waals surface area contributed by atoms with Crippen molar-refractivity contribution in [1.82, 2.24) is 4.31 Å². The lowest BCUT2D eigenvalue weighted by Gasteiger charge is -2.30. The highest BCUT2D eigenvalue weighted by Gasteiger charge is 2.27. The lowest BCUT2D eigenvalue weighted by molar-refractivity contribution is -0.118. The Hall–Kier alpha value is -2.18. The molecule has 5 nitrogen and oxygen atoms in total. The van der Waals surface area contributed by atoms with Crippen molar-refractivity contribution in [3.05, 3.63) is 59.2 Å². The Morgan fingerprint density at radius 1 is 1.11 bits per heavy atom. The summed E-state index contributed by atoms with van der Waals surface area (Å²) in [5.41, 5.74) is 3.90. The van der Waals surface area contributed by atoms with E-state index in [0.29, 0.717) is 31.0 Å². The number of carbonyl (C=O) groups excluding carboxylic acids is 1. The average molecular weight is 401 g/mol. The highest BCUT2D eigenvalue weighted by molar-refractivity contribution is 7.89. The third kappa shape index (κ3) is 3.98. The quantitative estimate of drug-likeness (QED) is 0.745. The summed E-state index contributed by atoms with van der Waals surface area (Å²) >= 11 is 0. The SMILES string of the molecule is CCN(CC)S(=O)(=O)c1ccc2c(c1)CCCN2C(=O)Cc1ccccc1C. The number of sulfonamides is 1. The van der Waals surface area contributed by atoms with Crippen molar-refractivity contribution >= 4 is 21.6 Å². The molecule has 1 amide bonds. The van der Waals surface area contributed by atoms with Crippen molar-refractivity contribution < 1.29 is 13.2 Å². The van der Waals surface area contributed by atoms with Gasteiger partial charge in [0.2, 0.25) is 15.9 Å². The summed E-state index contributed by atoms with van der Waals surface area (Å²) in [4.78, 5) is 15.1. The van der Waals surface area contributed by atoms with Crippen LogP contribution >= 0.6 is 0 Å². The highest BCUT2D eigenvalue weighted by Crippen LogP contribution is 2.31. The number of amides is 1. The number of anilines is 1. The van der Waals surface area contributed by atoms with E-state index in [4.69, 9.17) is 0 Å². The summed E-state index contributed by atoms with van der Waals surface area (Å²) < 4.78 is 27.1. The molecule has 0 N–H and O–H groups in total. The molecule has 0 bridgehead atoms. The molecule has 150 valence electrons. The molecule has 0 saturated carbocycles. The molecular formula is C22H28N2O3S. The van der Waals surface area contributed by atoms with Gasteiger partial charge in [-0.2, -0.15) is 4.31 Å². The Kier molecular flexibility index (Phi) is 6.20. The summed E-state index contributed by atoms with van der Waals surface area (Å²) in [7, 11) is -3.50. The fraction of sp³-hybridized carbons (Fsp3) is 0.409. The average Bonchev–Trinajstić information content (AvgIpc) is 2.69. The second kappa shape index (κ2) is 8.45. The van der Waals surface area contributed by atoms with E-state index in [9.17, 15) is 13.2 Å². The lowest BCUT2D eigenvalue weighted by Crippen LogP contribution is -2.37. The van der Waals surface area contributed by atoms with Gasteiger partial charge in [-0.05, 0) is 54.7 Å². The molecule has 0 saturated heterocycles. The Morgan fingerprint density at radius 2 is 1.82 bits per heavy atom. The number of hydrogen-bond donors (Lipinski definition) is 0. The molecule has 0 spiro atoms. The number of aryl methyl sites for hydroxylation is 2. The minimum atomic E-state index is -3.50. The van der Waals surface area contributed by atoms with E-state index in [1.807, 2.05) is 45.0 Å². The number of carbonyl (C=O) groups is 1. The topological polar surface area (TPSA) is 57.7 Å². The van der Waals surface area contributed by atoms with Gasteiger partial charge in [0.05, 0.1) is 11.3 Å². The fourth-order valence-corrected chi connectivity index (χ4v) is 5.28. The van der Waals surface area contributed by atoms with Crippen molar-refractivity contribution in [1.29, 1.82) is 0 Å². The van der Waals surface area contributed by atoms with Crippen LogP contribution in [0.1, 0.15) is 37.0 Å². The minimum Gasteiger partial charge on any atom is -0.312 e. The first-order chi connectivity index (χ1) is 13.4. The van der Waals surface area contributed by atoms with E-state index >= 15 is 0 Å². The van der Waals surface area contributed by atoms with Crippen LogP contribution in [0.3, 0.4) is 0 Å². The van der Waals surface area contributed by atoms with E-state index in [1.54, 1.807) is 23.1 Å². The van der Waals surface area contributed by atoms with Crippen LogP contribution in [-0.4, -0.2) is 38.3 Å². The second-order valence-corrected chi connectivity index (χ2v) is 9.07. The number of hydrogen-bond acceptors (Lipinski definition) is 3. The van der Waals surface area contributed by atoms with Crippen LogP contribution < -0.4 is 4.90 Å². The fourth-order valence-electron chi connectivity index (χ4n) is 3.77. The molecule has 1 aliphatic heterocycles. The van der Waals surface area contributed by atoms with Gasteiger partial charge in [0, 0.05) is 25.3 Å². The van der Waals surface area contributed by atoms with E-state index in [2.05, 4.69) is 0 Å². The number of rotatable bonds is 6. The van der Waals surface area contributed by atoms with Crippen LogP contribution in [0, 0.1) is 6.92 Å². The van der Waals surface area contributed by atoms with Gasteiger partial charge < -0.3 is 4.90 Å². The maximum atomic E-state index is 13.0. The van der Waals surface area contributed by atoms with Gasteiger partial charge in [-0.1, -0.05) is 38.1 Å². The van der Waals surface area contributed by atoms with E-state index in [1.165, 1.54) is 4.31 Å². The van der Waals surface area contributed by atoms with Crippen molar-refractivity contribution in [2.75, 3.05) is 24.5 Å². The van der Waals surface area contributed by atoms with Gasteiger partial charge >= 0.3 is 0 Å². The van der Waals surface area contributed by atoms with Gasteiger partial charge in [-0.3, -0.25) is 4.79 Å². The van der Waals surface area contributed by atoms with E-state index in [-0.39, 0.29) is 5.91 Å². The smallest absolute Gasteiger partial charge is 0.243 e. The van der Waals surface area contributed by atoms with Crippen molar-refractivity contribution in [2.45, 2.75) is 44.9 Å². The maximum Gasteiger partial charge on any atom is 0.243 e. The molecule has 3 rings (SSSR count). The molecule has 6 heteroatoms. The summed E-state index contributed by atoms with van der Waals surface area (Å²) in [5, 5.41) is 0. The zero-order chi connectivity index (χ0) is 20.3. The number of nitrogens with zero attached hydrogens (tertiary/aromatic N) is 2. The van der Waals surface area contributed by atoms with E-state index in [0.717, 1.165) is 35.2 Å². The molecule has 0 unspecified atom stereocenters. The Morgan fingerprint density at radius 3 is 2.50 bits per heavy atom. The summed E-state index contributed by atoms with van der Waals surface area (Å²) in [6, 6.07) is 13.1. The van der Waals surface area contributed by atoms with Crippen LogP contribution in [0.5, 0.6) is 0 Å². The number of fused-ring (bicyclic) bond motifs is 1. The standard InChI is InChI=1S/C22H28N2O3S/c1-4-23(5-2)28(26,27)20-12-13-21-19(15-20)11-8-14-24(21)22(25)16-18-10-7-6-9-17(18)3/h6-7,9-10,12-13,15H,4-5,8,11,14,16H2,1-3H3. The molecule has 0 aliphatic carbocycles. The monoisotopic (exact) mass is 400 g/mol. The van der Waals surface area contributed by atoms with Crippen LogP contribution in [-0.2, 0) is 27.7 Å². The summed E-state index contributed by atoms with van der Waals surface area (Å²) in [6.45, 7) is 7.24.